The highest BCUT2D eigenvalue weighted by molar-refractivity contribution is 5.47. The second kappa shape index (κ2) is 9.99. The zero-order valence-electron chi connectivity index (χ0n) is 15.8. The molecule has 0 bridgehead atoms. The van der Waals surface area contributed by atoms with Crippen molar-refractivity contribution in [2.45, 2.75) is 39.2 Å². The van der Waals surface area contributed by atoms with Gasteiger partial charge in [-0.3, -0.25) is 0 Å². The number of terminal acetylenes is 1. The number of ether oxygens (including phenoxy) is 1. The van der Waals surface area contributed by atoms with Crippen LogP contribution in [-0.2, 0) is 0 Å². The Labute approximate surface area is 163 Å². The van der Waals surface area contributed by atoms with E-state index in [1.165, 1.54) is 11.0 Å². The second-order valence-corrected chi connectivity index (χ2v) is 5.37. The Bertz CT molecular complexity index is 764. The Balaban J connectivity index is 3.42. The molecule has 0 saturated carbocycles. The lowest BCUT2D eigenvalue weighted by atomic mass is 10.3. The molecule has 0 saturated heterocycles. The minimum absolute atomic E-state index is 0.119. The first kappa shape index (κ1) is 24.1. The summed E-state index contributed by atoms with van der Waals surface area (Å²) in [5.41, 5.74) is 0.119. The average molecular weight is 423 g/mol. The molecule has 0 atom stereocenters. The van der Waals surface area contributed by atoms with Crippen LogP contribution in [0.15, 0.2) is 23.9 Å². The molecular formula is C17H19F6N5O. The highest BCUT2D eigenvalue weighted by Gasteiger charge is 2.59. The molecule has 0 aliphatic heterocycles. The molecule has 29 heavy (non-hydrogen) atoms. The topological polar surface area (TPSA) is 63.2 Å². The quantitative estimate of drug-likeness (QED) is 0.386. The van der Waals surface area contributed by atoms with Crippen LogP contribution in [0.5, 0.6) is 6.01 Å². The van der Waals surface area contributed by atoms with E-state index < -0.39 is 24.5 Å². The van der Waals surface area contributed by atoms with E-state index in [0.717, 1.165) is 0 Å². The minimum atomic E-state index is -5.72. The van der Waals surface area contributed by atoms with Gasteiger partial charge in [-0.05, 0) is 26.8 Å². The van der Waals surface area contributed by atoms with Crippen molar-refractivity contribution in [3.8, 4) is 18.4 Å². The smallest absolute Gasteiger partial charge is 0.434 e. The molecule has 0 spiro atoms. The summed E-state index contributed by atoms with van der Waals surface area (Å²) < 4.78 is 81.0. The van der Waals surface area contributed by atoms with Crippen molar-refractivity contribution in [2.75, 3.05) is 23.3 Å². The number of aromatic nitrogens is 3. The van der Waals surface area contributed by atoms with Gasteiger partial charge in [-0.1, -0.05) is 18.1 Å². The third-order valence-electron chi connectivity index (χ3n) is 3.32. The molecule has 1 heterocycles. The van der Waals surface area contributed by atoms with Crippen LogP contribution in [-0.4, -0.2) is 46.5 Å². The molecule has 1 aromatic heterocycles. The maximum absolute atomic E-state index is 12.8. The number of hydrogen-bond acceptors (Lipinski definition) is 6. The Morgan fingerprint density at radius 3 is 2.17 bits per heavy atom. The van der Waals surface area contributed by atoms with E-state index in [1.807, 2.05) is 0 Å². The lowest BCUT2D eigenvalue weighted by molar-refractivity contribution is -0.301. The van der Waals surface area contributed by atoms with Crippen LogP contribution in [0.2, 0.25) is 0 Å². The van der Waals surface area contributed by atoms with Crippen molar-refractivity contribution < 1.29 is 31.1 Å². The van der Waals surface area contributed by atoms with Gasteiger partial charge in [0.15, 0.2) is 0 Å². The van der Waals surface area contributed by atoms with Gasteiger partial charge in [0.1, 0.15) is 0 Å². The Morgan fingerprint density at radius 1 is 1.14 bits per heavy atom. The lowest BCUT2D eigenvalue weighted by Gasteiger charge is -2.24. The predicted molar refractivity (Wildman–Crippen MR) is 95.3 cm³/mol. The molecule has 0 aliphatic carbocycles. The second-order valence-electron chi connectivity index (χ2n) is 5.37. The van der Waals surface area contributed by atoms with E-state index in [2.05, 4.69) is 30.9 Å². The van der Waals surface area contributed by atoms with E-state index in [9.17, 15) is 26.3 Å². The number of alkyl halides is 6. The number of nitrogens with zero attached hydrogens (tertiary/aromatic N) is 4. The summed E-state index contributed by atoms with van der Waals surface area (Å²) in [6, 6.07) is -1.15. The standard InChI is InChI=1S/C17H19F6N5O/c1-5-9-10-11(6-2)24-13-25-14(28(7-3)8-4)27-15(26-13)29-12(16(18,19)20)17(21,22)23/h2,5,9-10,12H,7-8H2,1,3-4H3,(H,24,25,26,27)/b9-5-,11-10+. The van der Waals surface area contributed by atoms with E-state index in [1.54, 1.807) is 32.9 Å². The first-order chi connectivity index (χ1) is 13.5. The number of halogens is 6. The van der Waals surface area contributed by atoms with Crippen molar-refractivity contribution in [3.63, 3.8) is 0 Å². The third kappa shape index (κ3) is 7.17. The number of rotatable bonds is 8. The van der Waals surface area contributed by atoms with Crippen LogP contribution in [0.4, 0.5) is 38.2 Å². The van der Waals surface area contributed by atoms with Gasteiger partial charge in [0, 0.05) is 13.1 Å². The van der Waals surface area contributed by atoms with Crippen LogP contribution in [0.1, 0.15) is 20.8 Å². The third-order valence-corrected chi connectivity index (χ3v) is 3.32. The summed E-state index contributed by atoms with van der Waals surface area (Å²) in [5.74, 6) is 1.71. The maximum Gasteiger partial charge on any atom is 0.434 e. The molecule has 12 heteroatoms. The number of hydrogen-bond donors (Lipinski definition) is 1. The first-order valence-electron chi connectivity index (χ1n) is 8.33. The molecule has 1 N–H and O–H groups in total. The van der Waals surface area contributed by atoms with Crippen molar-refractivity contribution >= 4 is 11.9 Å². The zero-order valence-corrected chi connectivity index (χ0v) is 15.8. The van der Waals surface area contributed by atoms with Gasteiger partial charge in [-0.15, -0.1) is 6.42 Å². The first-order valence-corrected chi connectivity index (χ1v) is 8.33. The number of allylic oxidation sites excluding steroid dienone is 4. The molecule has 1 rings (SSSR count). The zero-order chi connectivity index (χ0) is 22.2. The Morgan fingerprint density at radius 2 is 1.72 bits per heavy atom. The van der Waals surface area contributed by atoms with Gasteiger partial charge < -0.3 is 15.0 Å². The monoisotopic (exact) mass is 423 g/mol. The fourth-order valence-corrected chi connectivity index (χ4v) is 1.97. The normalized spacial score (nSPS) is 12.9. The summed E-state index contributed by atoms with van der Waals surface area (Å²) in [6.45, 7) is 5.78. The largest absolute Gasteiger partial charge is 0.440 e. The van der Waals surface area contributed by atoms with Gasteiger partial charge in [0.05, 0.1) is 5.70 Å². The molecule has 0 aliphatic rings. The number of nitrogens with one attached hydrogen (secondary N) is 1. The minimum Gasteiger partial charge on any atom is -0.440 e. The van der Waals surface area contributed by atoms with Crippen LogP contribution in [0, 0.1) is 12.3 Å². The molecule has 160 valence electrons. The van der Waals surface area contributed by atoms with Crippen molar-refractivity contribution in [3.05, 3.63) is 23.9 Å². The maximum atomic E-state index is 12.8. The van der Waals surface area contributed by atoms with Crippen molar-refractivity contribution in [1.29, 1.82) is 0 Å². The molecule has 1 aromatic rings. The van der Waals surface area contributed by atoms with Gasteiger partial charge in [0.25, 0.3) is 6.10 Å². The molecule has 6 nitrogen and oxygen atoms in total. The highest BCUT2D eigenvalue weighted by Crippen LogP contribution is 2.36. The molecule has 0 aromatic carbocycles. The summed E-state index contributed by atoms with van der Waals surface area (Å²) in [6.07, 6.45) is -5.56. The summed E-state index contributed by atoms with van der Waals surface area (Å²) in [7, 11) is 0. The molecular weight excluding hydrogens is 404 g/mol. The predicted octanol–water partition coefficient (Wildman–Crippen LogP) is 4.09. The van der Waals surface area contributed by atoms with E-state index in [0.29, 0.717) is 13.1 Å². The average Bonchev–Trinajstić information content (AvgIpc) is 2.62. The van der Waals surface area contributed by atoms with Crippen molar-refractivity contribution in [2.24, 2.45) is 0 Å². The Kier molecular flexibility index (Phi) is 8.29. The summed E-state index contributed by atoms with van der Waals surface area (Å²) in [5, 5.41) is 2.54. The highest BCUT2D eigenvalue weighted by atomic mass is 19.4. The molecule has 0 radical (unpaired) electrons. The van der Waals surface area contributed by atoms with Gasteiger partial charge >= 0.3 is 18.4 Å². The van der Waals surface area contributed by atoms with Crippen LogP contribution in [0.25, 0.3) is 0 Å². The Hall–Kier alpha value is -2.97. The SMILES string of the molecule is C#C/C(=C\C=C/C)Nc1nc(OC(C(F)(F)F)C(F)(F)F)nc(N(CC)CC)n1. The fourth-order valence-electron chi connectivity index (χ4n) is 1.97. The van der Waals surface area contributed by atoms with E-state index >= 15 is 0 Å². The van der Waals surface area contributed by atoms with Gasteiger partial charge in [0.2, 0.25) is 11.9 Å². The molecule has 0 unspecified atom stereocenters. The van der Waals surface area contributed by atoms with Crippen LogP contribution < -0.4 is 15.0 Å². The number of anilines is 2. The lowest BCUT2D eigenvalue weighted by Crippen LogP contribution is -2.47. The van der Waals surface area contributed by atoms with Crippen LogP contribution >= 0.6 is 0 Å². The summed E-state index contributed by atoms with van der Waals surface area (Å²) >= 11 is 0. The van der Waals surface area contributed by atoms with Gasteiger partial charge in [-0.25, -0.2) is 0 Å². The van der Waals surface area contributed by atoms with E-state index in [-0.39, 0.29) is 17.6 Å². The van der Waals surface area contributed by atoms with Crippen molar-refractivity contribution in [1.82, 2.24) is 15.0 Å². The molecule has 0 fully saturated rings. The molecule has 0 amide bonds. The van der Waals surface area contributed by atoms with Gasteiger partial charge in [-0.2, -0.15) is 41.3 Å². The fraction of sp³-hybridized carbons (Fsp3) is 0.471. The van der Waals surface area contributed by atoms with Crippen LogP contribution in [0.3, 0.4) is 0 Å². The summed E-state index contributed by atoms with van der Waals surface area (Å²) in [4.78, 5) is 12.6. The van der Waals surface area contributed by atoms with E-state index in [4.69, 9.17) is 6.42 Å².